The average Bonchev–Trinajstić information content (AvgIpc) is 2.47. The van der Waals surface area contributed by atoms with Gasteiger partial charge in [-0.1, -0.05) is 32.8 Å². The molecular formula is C15H25NO4S. The lowest BCUT2D eigenvalue weighted by Gasteiger charge is -2.23. The highest BCUT2D eigenvalue weighted by Crippen LogP contribution is 2.26. The van der Waals surface area contributed by atoms with Crippen molar-refractivity contribution >= 4 is 10.0 Å². The molecule has 0 spiro atoms. The second-order valence-corrected chi connectivity index (χ2v) is 6.81. The lowest BCUT2D eigenvalue weighted by molar-refractivity contribution is 0.280. The van der Waals surface area contributed by atoms with E-state index in [1.54, 1.807) is 6.07 Å². The molecule has 1 aromatic carbocycles. The number of methoxy groups -OCH3 is 1. The molecule has 1 unspecified atom stereocenters. The van der Waals surface area contributed by atoms with Crippen LogP contribution in [-0.2, 0) is 16.6 Å². The minimum absolute atomic E-state index is 0.0972. The Bertz CT molecular complexity index is 553. The Kier molecular flexibility index (Phi) is 6.64. The summed E-state index contributed by atoms with van der Waals surface area (Å²) < 4.78 is 32.9. The first-order valence-corrected chi connectivity index (χ1v) is 8.68. The zero-order valence-corrected chi connectivity index (χ0v) is 13.9. The minimum Gasteiger partial charge on any atom is -0.495 e. The summed E-state index contributed by atoms with van der Waals surface area (Å²) in [5, 5.41) is 9.11. The van der Waals surface area contributed by atoms with E-state index in [4.69, 9.17) is 9.84 Å². The Morgan fingerprint density at radius 3 is 2.38 bits per heavy atom. The van der Waals surface area contributed by atoms with Crippen molar-refractivity contribution in [3.63, 3.8) is 0 Å². The molecule has 120 valence electrons. The van der Waals surface area contributed by atoms with Crippen LogP contribution in [0.25, 0.3) is 0 Å². The van der Waals surface area contributed by atoms with Crippen molar-refractivity contribution in [2.24, 2.45) is 5.92 Å². The Hall–Kier alpha value is -1.11. The molecule has 0 amide bonds. The van der Waals surface area contributed by atoms with Crippen LogP contribution in [0.1, 0.15) is 39.2 Å². The number of ether oxygens (including phenoxy) is 1. The van der Waals surface area contributed by atoms with Gasteiger partial charge in [-0.25, -0.2) is 13.1 Å². The monoisotopic (exact) mass is 315 g/mol. The zero-order chi connectivity index (χ0) is 16.0. The summed E-state index contributed by atoms with van der Waals surface area (Å²) in [6.45, 7) is 5.82. The van der Waals surface area contributed by atoms with E-state index in [1.165, 1.54) is 19.2 Å². The summed E-state index contributed by atoms with van der Waals surface area (Å²) >= 11 is 0. The summed E-state index contributed by atoms with van der Waals surface area (Å²) in [6.07, 6.45) is 1.83. The lowest BCUT2D eigenvalue weighted by atomic mass is 9.96. The SMILES string of the molecule is CCC(CC)C(C)NS(=O)(=O)c1ccc(CO)cc1OC. The Morgan fingerprint density at radius 2 is 1.90 bits per heavy atom. The first-order valence-electron chi connectivity index (χ1n) is 7.19. The van der Waals surface area contributed by atoms with Gasteiger partial charge in [0.1, 0.15) is 10.6 Å². The maximum absolute atomic E-state index is 12.5. The van der Waals surface area contributed by atoms with E-state index < -0.39 is 10.0 Å². The van der Waals surface area contributed by atoms with Crippen molar-refractivity contribution in [1.82, 2.24) is 4.72 Å². The highest BCUT2D eigenvalue weighted by atomic mass is 32.2. The van der Waals surface area contributed by atoms with Gasteiger partial charge in [0.2, 0.25) is 10.0 Å². The van der Waals surface area contributed by atoms with Gasteiger partial charge in [0.05, 0.1) is 13.7 Å². The normalized spacial score (nSPS) is 13.4. The molecule has 0 bridgehead atoms. The topological polar surface area (TPSA) is 75.6 Å². The first-order chi connectivity index (χ1) is 9.89. The van der Waals surface area contributed by atoms with Gasteiger partial charge in [0, 0.05) is 6.04 Å². The fourth-order valence-electron chi connectivity index (χ4n) is 2.43. The minimum atomic E-state index is -3.65. The smallest absolute Gasteiger partial charge is 0.244 e. The van der Waals surface area contributed by atoms with Crippen LogP contribution in [0, 0.1) is 5.92 Å². The summed E-state index contributed by atoms with van der Waals surface area (Å²) in [4.78, 5) is 0.0972. The van der Waals surface area contributed by atoms with Crippen LogP contribution in [0.4, 0.5) is 0 Å². The van der Waals surface area contributed by atoms with Gasteiger partial charge < -0.3 is 9.84 Å². The van der Waals surface area contributed by atoms with E-state index in [9.17, 15) is 8.42 Å². The number of aliphatic hydroxyl groups excluding tert-OH is 1. The van der Waals surface area contributed by atoms with Crippen molar-refractivity contribution in [1.29, 1.82) is 0 Å². The van der Waals surface area contributed by atoms with Gasteiger partial charge >= 0.3 is 0 Å². The van der Waals surface area contributed by atoms with Crippen LogP contribution in [-0.4, -0.2) is 26.7 Å². The number of hydrogen-bond acceptors (Lipinski definition) is 4. The highest BCUT2D eigenvalue weighted by molar-refractivity contribution is 7.89. The van der Waals surface area contributed by atoms with Gasteiger partial charge in [-0.2, -0.15) is 0 Å². The summed E-state index contributed by atoms with van der Waals surface area (Å²) in [6, 6.07) is 4.44. The molecule has 1 rings (SSSR count). The second-order valence-electron chi connectivity index (χ2n) is 5.13. The molecule has 2 N–H and O–H groups in total. The van der Waals surface area contributed by atoms with Crippen molar-refractivity contribution in [3.8, 4) is 5.75 Å². The van der Waals surface area contributed by atoms with Gasteiger partial charge in [-0.3, -0.25) is 0 Å². The molecule has 0 aliphatic rings. The van der Waals surface area contributed by atoms with Crippen LogP contribution in [0.3, 0.4) is 0 Å². The molecule has 0 fully saturated rings. The molecule has 5 nitrogen and oxygen atoms in total. The first kappa shape index (κ1) is 17.9. The van der Waals surface area contributed by atoms with Crippen molar-refractivity contribution in [2.45, 2.75) is 51.2 Å². The quantitative estimate of drug-likeness (QED) is 0.772. The highest BCUT2D eigenvalue weighted by Gasteiger charge is 2.24. The standard InChI is InChI=1S/C15H25NO4S/c1-5-13(6-2)11(3)16-21(18,19)15-8-7-12(10-17)9-14(15)20-4/h7-9,11,13,16-17H,5-6,10H2,1-4H3. The van der Waals surface area contributed by atoms with E-state index in [0.29, 0.717) is 11.5 Å². The van der Waals surface area contributed by atoms with Gasteiger partial charge in [-0.15, -0.1) is 0 Å². The molecule has 0 aromatic heterocycles. The molecule has 0 aliphatic heterocycles. The average molecular weight is 315 g/mol. The number of aliphatic hydroxyl groups is 1. The van der Waals surface area contributed by atoms with Crippen molar-refractivity contribution in [3.05, 3.63) is 23.8 Å². The fraction of sp³-hybridized carbons (Fsp3) is 0.600. The van der Waals surface area contributed by atoms with E-state index >= 15 is 0 Å². The predicted molar refractivity (Wildman–Crippen MR) is 82.8 cm³/mol. The van der Waals surface area contributed by atoms with Gasteiger partial charge in [0.15, 0.2) is 0 Å². The predicted octanol–water partition coefficient (Wildman–Crippen LogP) is 2.29. The number of benzene rings is 1. The molecule has 0 aliphatic carbocycles. The fourth-order valence-corrected chi connectivity index (χ4v) is 3.90. The molecule has 1 atom stereocenters. The van der Waals surface area contributed by atoms with Crippen LogP contribution in [0.2, 0.25) is 0 Å². The maximum atomic E-state index is 12.5. The van der Waals surface area contributed by atoms with Crippen LogP contribution >= 0.6 is 0 Å². The van der Waals surface area contributed by atoms with E-state index in [2.05, 4.69) is 18.6 Å². The summed E-state index contributed by atoms with van der Waals surface area (Å²) in [7, 11) is -2.23. The molecule has 0 saturated heterocycles. The van der Waals surface area contributed by atoms with Crippen molar-refractivity contribution in [2.75, 3.05) is 7.11 Å². The molecule has 0 saturated carbocycles. The molecule has 21 heavy (non-hydrogen) atoms. The zero-order valence-electron chi connectivity index (χ0n) is 13.1. The number of hydrogen-bond donors (Lipinski definition) is 2. The van der Waals surface area contributed by atoms with Gasteiger partial charge in [0.25, 0.3) is 0 Å². The lowest BCUT2D eigenvalue weighted by Crippen LogP contribution is -2.37. The third-order valence-electron chi connectivity index (χ3n) is 3.80. The molecule has 6 heteroatoms. The second kappa shape index (κ2) is 7.77. The third kappa shape index (κ3) is 4.43. The Morgan fingerprint density at radius 1 is 1.29 bits per heavy atom. The third-order valence-corrected chi connectivity index (χ3v) is 5.40. The van der Waals surface area contributed by atoms with Crippen LogP contribution in [0.5, 0.6) is 5.75 Å². The molecule has 0 radical (unpaired) electrons. The maximum Gasteiger partial charge on any atom is 0.244 e. The van der Waals surface area contributed by atoms with Crippen molar-refractivity contribution < 1.29 is 18.3 Å². The van der Waals surface area contributed by atoms with Crippen LogP contribution < -0.4 is 9.46 Å². The Balaban J connectivity index is 3.08. The largest absolute Gasteiger partial charge is 0.495 e. The molecule has 1 aromatic rings. The Labute approximate surface area is 127 Å². The summed E-state index contributed by atoms with van der Waals surface area (Å²) in [5.74, 6) is 0.535. The number of rotatable bonds is 8. The summed E-state index contributed by atoms with van der Waals surface area (Å²) in [5.41, 5.74) is 0.610. The molecular weight excluding hydrogens is 290 g/mol. The van der Waals surface area contributed by atoms with E-state index in [-0.39, 0.29) is 23.3 Å². The van der Waals surface area contributed by atoms with E-state index in [1.807, 2.05) is 6.92 Å². The number of nitrogens with one attached hydrogen (secondary N) is 1. The van der Waals surface area contributed by atoms with Gasteiger partial charge in [-0.05, 0) is 30.5 Å². The number of sulfonamides is 1. The van der Waals surface area contributed by atoms with E-state index in [0.717, 1.165) is 12.8 Å². The van der Waals surface area contributed by atoms with Crippen LogP contribution in [0.15, 0.2) is 23.1 Å². The molecule has 0 heterocycles.